The van der Waals surface area contributed by atoms with E-state index in [9.17, 15) is 9.59 Å². The molecule has 2 heterocycles. The Labute approximate surface area is 111 Å². The van der Waals surface area contributed by atoms with Crippen LogP contribution in [0.1, 0.15) is 32.5 Å². The number of rotatable bonds is 4. The second kappa shape index (κ2) is 5.81. The van der Waals surface area contributed by atoms with Crippen molar-refractivity contribution in [1.29, 1.82) is 0 Å². The van der Waals surface area contributed by atoms with Gasteiger partial charge < -0.3 is 14.7 Å². The smallest absolute Gasteiger partial charge is 0.245 e. The highest BCUT2D eigenvalue weighted by atomic mass is 16.5. The number of aromatic nitrogens is 2. The van der Waals surface area contributed by atoms with Crippen LogP contribution in [-0.2, 0) is 16.1 Å². The summed E-state index contributed by atoms with van der Waals surface area (Å²) in [4.78, 5) is 29.5. The molecule has 104 valence electrons. The van der Waals surface area contributed by atoms with Crippen molar-refractivity contribution in [2.24, 2.45) is 5.92 Å². The summed E-state index contributed by atoms with van der Waals surface area (Å²) in [5.41, 5.74) is 0. The molecule has 1 saturated heterocycles. The minimum Gasteiger partial charge on any atom is -0.344 e. The number of hydrogen-bond acceptors (Lipinski definition) is 5. The third kappa shape index (κ3) is 3.52. The monoisotopic (exact) mass is 266 g/mol. The Balaban J connectivity index is 2.09. The van der Waals surface area contributed by atoms with Crippen LogP contribution in [0.15, 0.2) is 10.9 Å². The summed E-state index contributed by atoms with van der Waals surface area (Å²) in [6.45, 7) is 4.70. The topological polar surface area (TPSA) is 88.3 Å². The minimum atomic E-state index is -0.457. The van der Waals surface area contributed by atoms with Crippen LogP contribution in [0, 0.1) is 5.92 Å². The third-order valence-corrected chi connectivity index (χ3v) is 3.00. The van der Waals surface area contributed by atoms with Crippen molar-refractivity contribution < 1.29 is 14.1 Å². The van der Waals surface area contributed by atoms with Crippen LogP contribution < -0.4 is 5.32 Å². The highest BCUT2D eigenvalue weighted by Crippen LogP contribution is 2.13. The SMILES string of the molecule is CC(C)CC1NC(=O)CCN(Cc2ncon2)C1=O. The second-order valence-electron chi connectivity index (χ2n) is 5.11. The zero-order valence-electron chi connectivity index (χ0n) is 11.1. The lowest BCUT2D eigenvalue weighted by Crippen LogP contribution is -2.45. The molecule has 1 aromatic rings. The summed E-state index contributed by atoms with van der Waals surface area (Å²) in [6, 6.07) is -0.457. The molecule has 1 N–H and O–H groups in total. The highest BCUT2D eigenvalue weighted by Gasteiger charge is 2.30. The average Bonchev–Trinajstić information content (AvgIpc) is 2.80. The lowest BCUT2D eigenvalue weighted by Gasteiger charge is -2.23. The molecule has 1 aliphatic rings. The molecule has 1 aromatic heterocycles. The Kier molecular flexibility index (Phi) is 4.13. The van der Waals surface area contributed by atoms with Gasteiger partial charge in [-0.2, -0.15) is 4.98 Å². The van der Waals surface area contributed by atoms with E-state index in [-0.39, 0.29) is 18.4 Å². The van der Waals surface area contributed by atoms with Crippen molar-refractivity contribution in [3.8, 4) is 0 Å². The first kappa shape index (κ1) is 13.5. The predicted molar refractivity (Wildman–Crippen MR) is 65.7 cm³/mol. The van der Waals surface area contributed by atoms with E-state index in [1.807, 2.05) is 13.8 Å². The van der Waals surface area contributed by atoms with Gasteiger partial charge in [0, 0.05) is 13.0 Å². The maximum Gasteiger partial charge on any atom is 0.245 e. The molecule has 7 heteroatoms. The van der Waals surface area contributed by atoms with Crippen molar-refractivity contribution >= 4 is 11.8 Å². The van der Waals surface area contributed by atoms with Crippen molar-refractivity contribution in [3.05, 3.63) is 12.2 Å². The van der Waals surface area contributed by atoms with Crippen LogP contribution in [0.5, 0.6) is 0 Å². The summed E-state index contributed by atoms with van der Waals surface area (Å²) >= 11 is 0. The standard InChI is InChI=1S/C12H18N4O3/c1-8(2)5-9-12(18)16(4-3-11(17)14-9)6-10-13-7-19-15-10/h7-9H,3-6H2,1-2H3,(H,14,17). The van der Waals surface area contributed by atoms with Gasteiger partial charge in [-0.25, -0.2) is 0 Å². The lowest BCUT2D eigenvalue weighted by molar-refractivity contribution is -0.134. The normalized spacial score (nSPS) is 20.6. The predicted octanol–water partition coefficient (Wildman–Crippen LogP) is 0.333. The molecule has 2 rings (SSSR count). The zero-order chi connectivity index (χ0) is 13.8. The van der Waals surface area contributed by atoms with Gasteiger partial charge in [-0.05, 0) is 12.3 Å². The minimum absolute atomic E-state index is 0.0793. The van der Waals surface area contributed by atoms with E-state index in [0.717, 1.165) is 0 Å². The van der Waals surface area contributed by atoms with Gasteiger partial charge in [0.1, 0.15) is 6.04 Å². The van der Waals surface area contributed by atoms with Crippen LogP contribution in [0.25, 0.3) is 0 Å². The molecular formula is C12H18N4O3. The molecule has 0 saturated carbocycles. The maximum atomic E-state index is 12.4. The number of hydrogen-bond donors (Lipinski definition) is 1. The number of nitrogens with zero attached hydrogens (tertiary/aromatic N) is 3. The Morgan fingerprint density at radius 3 is 2.95 bits per heavy atom. The summed E-state index contributed by atoms with van der Waals surface area (Å²) < 4.78 is 4.65. The molecule has 1 aliphatic heterocycles. The highest BCUT2D eigenvalue weighted by molar-refractivity contribution is 5.89. The fraction of sp³-hybridized carbons (Fsp3) is 0.667. The lowest BCUT2D eigenvalue weighted by atomic mass is 10.0. The van der Waals surface area contributed by atoms with Crippen LogP contribution in [0.4, 0.5) is 0 Å². The van der Waals surface area contributed by atoms with E-state index < -0.39 is 6.04 Å². The molecule has 1 fully saturated rings. The largest absolute Gasteiger partial charge is 0.344 e. The van der Waals surface area contributed by atoms with Crippen molar-refractivity contribution in [3.63, 3.8) is 0 Å². The van der Waals surface area contributed by atoms with Gasteiger partial charge >= 0.3 is 0 Å². The first-order chi connectivity index (χ1) is 9.06. The first-order valence-corrected chi connectivity index (χ1v) is 6.39. The molecule has 0 aromatic carbocycles. The van der Waals surface area contributed by atoms with Gasteiger partial charge in [0.25, 0.3) is 0 Å². The van der Waals surface area contributed by atoms with Crippen LogP contribution in [0.2, 0.25) is 0 Å². The van der Waals surface area contributed by atoms with Gasteiger partial charge in [0.05, 0.1) is 6.54 Å². The van der Waals surface area contributed by atoms with Crippen LogP contribution >= 0.6 is 0 Å². The molecule has 2 amide bonds. The fourth-order valence-electron chi connectivity index (χ4n) is 2.12. The van der Waals surface area contributed by atoms with E-state index in [2.05, 4.69) is 20.0 Å². The van der Waals surface area contributed by atoms with Gasteiger partial charge in [-0.15, -0.1) is 0 Å². The summed E-state index contributed by atoms with van der Waals surface area (Å²) in [5.74, 6) is 0.615. The van der Waals surface area contributed by atoms with E-state index in [4.69, 9.17) is 0 Å². The molecule has 1 unspecified atom stereocenters. The number of carbonyl (C=O) groups excluding carboxylic acids is 2. The Bertz CT molecular complexity index is 444. The van der Waals surface area contributed by atoms with Gasteiger partial charge in [-0.3, -0.25) is 9.59 Å². The van der Waals surface area contributed by atoms with Crippen molar-refractivity contribution in [2.45, 2.75) is 39.3 Å². The fourth-order valence-corrected chi connectivity index (χ4v) is 2.12. The Morgan fingerprint density at radius 1 is 1.53 bits per heavy atom. The van der Waals surface area contributed by atoms with Gasteiger partial charge in [-0.1, -0.05) is 19.0 Å². The molecule has 0 bridgehead atoms. The van der Waals surface area contributed by atoms with Crippen LogP contribution in [0.3, 0.4) is 0 Å². The molecule has 19 heavy (non-hydrogen) atoms. The number of nitrogens with one attached hydrogen (secondary N) is 1. The van der Waals surface area contributed by atoms with Crippen molar-refractivity contribution in [2.75, 3.05) is 6.54 Å². The number of carbonyl (C=O) groups is 2. The maximum absolute atomic E-state index is 12.4. The molecule has 0 radical (unpaired) electrons. The second-order valence-corrected chi connectivity index (χ2v) is 5.11. The summed E-state index contributed by atoms with van der Waals surface area (Å²) in [5, 5.41) is 6.47. The quantitative estimate of drug-likeness (QED) is 0.848. The molecule has 0 aliphatic carbocycles. The summed E-state index contributed by atoms with van der Waals surface area (Å²) in [7, 11) is 0. The third-order valence-electron chi connectivity index (χ3n) is 3.00. The van der Waals surface area contributed by atoms with E-state index in [1.165, 1.54) is 6.39 Å². The Hall–Kier alpha value is -1.92. The van der Waals surface area contributed by atoms with Gasteiger partial charge in [0.2, 0.25) is 18.2 Å². The summed E-state index contributed by atoms with van der Waals surface area (Å²) in [6.07, 6.45) is 2.16. The molecular weight excluding hydrogens is 248 g/mol. The molecule has 1 atom stereocenters. The van der Waals surface area contributed by atoms with Crippen LogP contribution in [-0.4, -0.2) is 39.4 Å². The van der Waals surface area contributed by atoms with E-state index in [0.29, 0.717) is 31.1 Å². The first-order valence-electron chi connectivity index (χ1n) is 6.39. The van der Waals surface area contributed by atoms with E-state index in [1.54, 1.807) is 4.90 Å². The van der Waals surface area contributed by atoms with E-state index >= 15 is 0 Å². The Morgan fingerprint density at radius 2 is 2.32 bits per heavy atom. The number of amides is 2. The average molecular weight is 266 g/mol. The van der Waals surface area contributed by atoms with Crippen molar-refractivity contribution in [1.82, 2.24) is 20.4 Å². The zero-order valence-corrected chi connectivity index (χ0v) is 11.1. The molecule has 0 spiro atoms. The molecule has 7 nitrogen and oxygen atoms in total. The van der Waals surface area contributed by atoms with Gasteiger partial charge in [0.15, 0.2) is 5.82 Å².